The van der Waals surface area contributed by atoms with Crippen LogP contribution < -0.4 is 5.32 Å². The normalized spacial score (nSPS) is 12.6. The van der Waals surface area contributed by atoms with E-state index in [9.17, 15) is 0 Å². The van der Waals surface area contributed by atoms with Crippen molar-refractivity contribution in [2.24, 2.45) is 5.92 Å². The second-order valence-corrected chi connectivity index (χ2v) is 5.52. The van der Waals surface area contributed by atoms with Crippen molar-refractivity contribution in [1.29, 1.82) is 0 Å². The van der Waals surface area contributed by atoms with Crippen molar-refractivity contribution in [2.75, 3.05) is 13.6 Å². The Bertz CT molecular complexity index is 490. The highest BCUT2D eigenvalue weighted by molar-refractivity contribution is 9.10. The van der Waals surface area contributed by atoms with Gasteiger partial charge in [0.15, 0.2) is 0 Å². The molecule has 1 atom stereocenters. The number of nitrogens with zero attached hydrogens (tertiary/aromatic N) is 2. The molecule has 0 aliphatic carbocycles. The molecule has 0 spiro atoms. The summed E-state index contributed by atoms with van der Waals surface area (Å²) in [6.45, 7) is 4.23. The van der Waals surface area contributed by atoms with E-state index in [-0.39, 0.29) is 0 Å². The summed E-state index contributed by atoms with van der Waals surface area (Å²) in [5, 5.41) is 3.21. The molecule has 0 saturated carbocycles. The van der Waals surface area contributed by atoms with Gasteiger partial charge in [-0.25, -0.2) is 4.98 Å². The van der Waals surface area contributed by atoms with Gasteiger partial charge >= 0.3 is 0 Å². The van der Waals surface area contributed by atoms with Crippen LogP contribution in [0.15, 0.2) is 41.3 Å². The van der Waals surface area contributed by atoms with Gasteiger partial charge in [0.2, 0.25) is 0 Å². The fourth-order valence-corrected chi connectivity index (χ4v) is 2.34. The number of hydrogen-bond acceptors (Lipinski definition) is 2. The molecule has 0 radical (unpaired) electrons. The Morgan fingerprint density at radius 3 is 2.72 bits per heavy atom. The Hall–Kier alpha value is -1.13. The van der Waals surface area contributed by atoms with Gasteiger partial charge in [0.05, 0.1) is 18.2 Å². The van der Waals surface area contributed by atoms with Gasteiger partial charge in [0, 0.05) is 11.0 Å². The first-order valence-electron chi connectivity index (χ1n) is 6.11. The highest BCUT2D eigenvalue weighted by Gasteiger charge is 2.08. The Balaban J connectivity index is 2.19. The van der Waals surface area contributed by atoms with Gasteiger partial charge in [0.1, 0.15) is 0 Å². The van der Waals surface area contributed by atoms with Gasteiger partial charge in [-0.15, -0.1) is 0 Å². The van der Waals surface area contributed by atoms with E-state index in [0.717, 1.165) is 17.6 Å². The van der Waals surface area contributed by atoms with Crippen LogP contribution in [-0.2, 0) is 6.54 Å². The predicted octanol–water partition coefficient (Wildman–Crippen LogP) is 3.17. The maximum absolute atomic E-state index is 4.26. The average molecular weight is 308 g/mol. The molecule has 1 heterocycles. The fourth-order valence-electron chi connectivity index (χ4n) is 2.08. The minimum absolute atomic E-state index is 0.582. The topological polar surface area (TPSA) is 29.9 Å². The molecule has 2 rings (SSSR count). The summed E-state index contributed by atoms with van der Waals surface area (Å²) in [5.41, 5.74) is 2.37. The average Bonchev–Trinajstić information content (AvgIpc) is 2.78. The second kappa shape index (κ2) is 6.16. The maximum atomic E-state index is 4.26. The monoisotopic (exact) mass is 307 g/mol. The van der Waals surface area contributed by atoms with Crippen molar-refractivity contribution in [3.05, 3.63) is 41.3 Å². The summed E-state index contributed by atoms with van der Waals surface area (Å²) in [5.74, 6) is 0.582. The summed E-state index contributed by atoms with van der Waals surface area (Å²) >= 11 is 3.46. The lowest BCUT2D eigenvalue weighted by Crippen LogP contribution is -2.20. The Morgan fingerprint density at radius 1 is 1.33 bits per heavy atom. The van der Waals surface area contributed by atoms with Crippen molar-refractivity contribution in [3.8, 4) is 11.3 Å². The molecule has 1 aromatic heterocycles. The number of aromatic nitrogens is 2. The van der Waals surface area contributed by atoms with Crippen molar-refractivity contribution >= 4 is 15.9 Å². The Kier molecular flexibility index (Phi) is 4.55. The largest absolute Gasteiger partial charge is 0.330 e. The Labute approximate surface area is 116 Å². The van der Waals surface area contributed by atoms with Crippen LogP contribution in [0.1, 0.15) is 6.92 Å². The van der Waals surface area contributed by atoms with Gasteiger partial charge in [0.25, 0.3) is 0 Å². The highest BCUT2D eigenvalue weighted by atomic mass is 79.9. The quantitative estimate of drug-likeness (QED) is 0.919. The van der Waals surface area contributed by atoms with Crippen molar-refractivity contribution in [1.82, 2.24) is 14.9 Å². The van der Waals surface area contributed by atoms with Gasteiger partial charge in [-0.2, -0.15) is 0 Å². The van der Waals surface area contributed by atoms with Crippen LogP contribution in [0.25, 0.3) is 11.3 Å². The zero-order valence-electron chi connectivity index (χ0n) is 10.7. The molecule has 0 saturated heterocycles. The molecule has 0 aliphatic rings. The van der Waals surface area contributed by atoms with E-state index in [2.05, 4.69) is 62.0 Å². The molecule has 3 nitrogen and oxygen atoms in total. The van der Waals surface area contributed by atoms with Crippen LogP contribution in [0.4, 0.5) is 0 Å². The van der Waals surface area contributed by atoms with E-state index in [1.165, 1.54) is 11.3 Å². The van der Waals surface area contributed by atoms with Crippen LogP contribution in [0.3, 0.4) is 0 Å². The van der Waals surface area contributed by atoms with Crippen LogP contribution in [0, 0.1) is 5.92 Å². The predicted molar refractivity (Wildman–Crippen MR) is 78.5 cm³/mol. The third kappa shape index (κ3) is 3.21. The lowest BCUT2D eigenvalue weighted by atomic mass is 10.1. The lowest BCUT2D eigenvalue weighted by Gasteiger charge is -2.14. The zero-order valence-corrected chi connectivity index (χ0v) is 12.3. The van der Waals surface area contributed by atoms with E-state index >= 15 is 0 Å². The van der Waals surface area contributed by atoms with Crippen molar-refractivity contribution in [2.45, 2.75) is 13.5 Å². The van der Waals surface area contributed by atoms with E-state index in [1.807, 2.05) is 19.6 Å². The summed E-state index contributed by atoms with van der Waals surface area (Å²) in [4.78, 5) is 4.26. The minimum Gasteiger partial charge on any atom is -0.330 e. The summed E-state index contributed by atoms with van der Waals surface area (Å²) in [7, 11) is 1.99. The summed E-state index contributed by atoms with van der Waals surface area (Å²) < 4.78 is 3.31. The molecule has 0 amide bonds. The molecule has 0 aliphatic heterocycles. The number of nitrogens with one attached hydrogen (secondary N) is 1. The zero-order chi connectivity index (χ0) is 13.0. The summed E-state index contributed by atoms with van der Waals surface area (Å²) in [6.07, 6.45) is 3.83. The van der Waals surface area contributed by atoms with Crippen molar-refractivity contribution in [3.63, 3.8) is 0 Å². The molecule has 1 N–H and O–H groups in total. The molecule has 1 aromatic carbocycles. The van der Waals surface area contributed by atoms with E-state index in [1.54, 1.807) is 0 Å². The molecule has 96 valence electrons. The molecule has 0 bridgehead atoms. The van der Waals surface area contributed by atoms with Crippen molar-refractivity contribution < 1.29 is 0 Å². The first-order valence-corrected chi connectivity index (χ1v) is 6.90. The Morgan fingerprint density at radius 2 is 2.06 bits per heavy atom. The number of rotatable bonds is 5. The van der Waals surface area contributed by atoms with Gasteiger partial charge in [-0.3, -0.25) is 0 Å². The molecular formula is C14H18BrN3. The van der Waals surface area contributed by atoms with Crippen LogP contribution in [-0.4, -0.2) is 23.1 Å². The number of imidazole rings is 1. The van der Waals surface area contributed by atoms with E-state index < -0.39 is 0 Å². The molecular weight excluding hydrogens is 290 g/mol. The maximum Gasteiger partial charge on any atom is 0.0951 e. The minimum atomic E-state index is 0.582. The first kappa shape index (κ1) is 13.3. The van der Waals surface area contributed by atoms with Gasteiger partial charge in [-0.05, 0) is 37.2 Å². The molecule has 18 heavy (non-hydrogen) atoms. The SMILES string of the molecule is CNCC(C)Cn1cncc1-c1ccc(Br)cc1. The van der Waals surface area contributed by atoms with Crippen LogP contribution >= 0.6 is 15.9 Å². The second-order valence-electron chi connectivity index (χ2n) is 4.60. The summed E-state index contributed by atoms with van der Waals surface area (Å²) in [6, 6.07) is 8.34. The molecule has 1 unspecified atom stereocenters. The molecule has 4 heteroatoms. The highest BCUT2D eigenvalue weighted by Crippen LogP contribution is 2.22. The third-order valence-corrected chi connectivity index (χ3v) is 3.44. The van der Waals surface area contributed by atoms with Crippen LogP contribution in [0.2, 0.25) is 0 Å². The fraction of sp³-hybridized carbons (Fsp3) is 0.357. The number of benzene rings is 1. The lowest BCUT2D eigenvalue weighted by molar-refractivity contribution is 0.464. The molecule has 2 aromatic rings. The van der Waals surface area contributed by atoms with E-state index in [0.29, 0.717) is 5.92 Å². The first-order chi connectivity index (χ1) is 8.70. The smallest absolute Gasteiger partial charge is 0.0951 e. The number of halogens is 1. The van der Waals surface area contributed by atoms with Crippen LogP contribution in [0.5, 0.6) is 0 Å². The standard InChI is InChI=1S/C14H18BrN3/c1-11(7-16-2)9-18-10-17-8-14(18)12-3-5-13(15)6-4-12/h3-6,8,10-11,16H,7,9H2,1-2H3. The third-order valence-electron chi connectivity index (χ3n) is 2.91. The van der Waals surface area contributed by atoms with E-state index in [4.69, 9.17) is 0 Å². The number of hydrogen-bond donors (Lipinski definition) is 1. The van der Waals surface area contributed by atoms with Gasteiger partial charge < -0.3 is 9.88 Å². The van der Waals surface area contributed by atoms with Gasteiger partial charge in [-0.1, -0.05) is 35.0 Å². The molecule has 0 fully saturated rings.